The first-order chi connectivity index (χ1) is 9.82. The summed E-state index contributed by atoms with van der Waals surface area (Å²) in [5.41, 5.74) is 0. The second-order valence-electron chi connectivity index (χ2n) is 7.03. The number of ether oxygens (including phenoxy) is 1. The molecule has 0 aromatic rings. The molecule has 0 aromatic heterocycles. The molecule has 3 nitrogen and oxygen atoms in total. The second kappa shape index (κ2) is 5.45. The van der Waals surface area contributed by atoms with Crippen LogP contribution in [0.5, 0.6) is 0 Å². The molecule has 1 amide bonds. The maximum absolute atomic E-state index is 12.1. The van der Waals surface area contributed by atoms with E-state index in [0.29, 0.717) is 11.8 Å². The summed E-state index contributed by atoms with van der Waals surface area (Å²) < 4.78 is 41.0. The Kier molecular flexibility index (Phi) is 3.93. The molecule has 4 bridgehead atoms. The van der Waals surface area contributed by atoms with Crippen LogP contribution in [-0.4, -0.2) is 30.8 Å². The standard InChI is InChI=1S/C15H22F3NO2/c1-8(21-7-15(16,17)18)14(20)19-13-11-3-9-2-10(5-11)6-12(13)4-9/h8-13H,2-7H2,1H3,(H,19,20). The molecule has 4 aliphatic rings. The average Bonchev–Trinajstić information content (AvgIpc) is 2.38. The molecule has 0 spiro atoms. The molecule has 120 valence electrons. The topological polar surface area (TPSA) is 38.3 Å². The maximum Gasteiger partial charge on any atom is 0.411 e. The van der Waals surface area contributed by atoms with Crippen LogP contribution < -0.4 is 5.32 Å². The summed E-state index contributed by atoms with van der Waals surface area (Å²) in [5, 5.41) is 2.97. The zero-order valence-corrected chi connectivity index (χ0v) is 12.2. The Morgan fingerprint density at radius 3 is 2.14 bits per heavy atom. The van der Waals surface area contributed by atoms with Crippen LogP contribution in [0.1, 0.15) is 39.0 Å². The molecule has 0 aliphatic heterocycles. The van der Waals surface area contributed by atoms with Gasteiger partial charge in [0.05, 0.1) is 0 Å². The van der Waals surface area contributed by atoms with E-state index in [1.807, 2.05) is 0 Å². The second-order valence-corrected chi connectivity index (χ2v) is 7.03. The molecule has 4 fully saturated rings. The average molecular weight is 305 g/mol. The summed E-state index contributed by atoms with van der Waals surface area (Å²) in [6.45, 7) is 0.0143. The molecule has 4 rings (SSSR count). The predicted molar refractivity (Wildman–Crippen MR) is 70.4 cm³/mol. The highest BCUT2D eigenvalue weighted by Gasteiger charge is 2.48. The number of nitrogens with one attached hydrogen (secondary N) is 1. The van der Waals surface area contributed by atoms with E-state index < -0.39 is 24.8 Å². The Balaban J connectivity index is 1.53. The minimum absolute atomic E-state index is 0.141. The van der Waals surface area contributed by atoms with Crippen molar-refractivity contribution in [2.45, 2.75) is 57.3 Å². The number of carbonyl (C=O) groups excluding carboxylic acids is 1. The zero-order valence-electron chi connectivity index (χ0n) is 12.2. The fraction of sp³-hybridized carbons (Fsp3) is 0.933. The van der Waals surface area contributed by atoms with Gasteiger partial charge in [-0.2, -0.15) is 13.2 Å². The van der Waals surface area contributed by atoms with E-state index in [0.717, 1.165) is 37.5 Å². The van der Waals surface area contributed by atoms with Gasteiger partial charge in [0, 0.05) is 6.04 Å². The molecule has 4 saturated carbocycles. The van der Waals surface area contributed by atoms with Crippen LogP contribution in [0.15, 0.2) is 0 Å². The van der Waals surface area contributed by atoms with E-state index in [2.05, 4.69) is 10.1 Å². The highest BCUT2D eigenvalue weighted by Crippen LogP contribution is 2.53. The number of alkyl halides is 3. The first kappa shape index (κ1) is 15.1. The summed E-state index contributed by atoms with van der Waals surface area (Å²) in [7, 11) is 0. The van der Waals surface area contributed by atoms with E-state index in [1.165, 1.54) is 13.3 Å². The van der Waals surface area contributed by atoms with Crippen molar-refractivity contribution in [2.75, 3.05) is 6.61 Å². The molecule has 0 saturated heterocycles. The lowest BCUT2D eigenvalue weighted by atomic mass is 9.54. The van der Waals surface area contributed by atoms with Crippen LogP contribution in [0.4, 0.5) is 13.2 Å². The van der Waals surface area contributed by atoms with E-state index >= 15 is 0 Å². The Bertz CT molecular complexity index is 382. The largest absolute Gasteiger partial charge is 0.411 e. The molecule has 6 heteroatoms. The summed E-state index contributed by atoms with van der Waals surface area (Å²) in [6, 6.07) is 0.141. The first-order valence-electron chi connectivity index (χ1n) is 7.80. The number of amides is 1. The van der Waals surface area contributed by atoms with Gasteiger partial charge in [-0.3, -0.25) is 4.79 Å². The van der Waals surface area contributed by atoms with Crippen LogP contribution in [0, 0.1) is 23.7 Å². The first-order valence-corrected chi connectivity index (χ1v) is 7.80. The molecule has 0 heterocycles. The van der Waals surface area contributed by atoms with Crippen molar-refractivity contribution in [1.82, 2.24) is 5.32 Å². The third-order valence-corrected chi connectivity index (χ3v) is 5.40. The van der Waals surface area contributed by atoms with Crippen LogP contribution >= 0.6 is 0 Å². The highest BCUT2D eigenvalue weighted by atomic mass is 19.4. The van der Waals surface area contributed by atoms with Crippen molar-refractivity contribution in [2.24, 2.45) is 23.7 Å². The van der Waals surface area contributed by atoms with E-state index in [-0.39, 0.29) is 6.04 Å². The van der Waals surface area contributed by atoms with Gasteiger partial charge in [-0.15, -0.1) is 0 Å². The molecule has 1 unspecified atom stereocenters. The maximum atomic E-state index is 12.1. The minimum Gasteiger partial charge on any atom is -0.359 e. The van der Waals surface area contributed by atoms with Crippen LogP contribution in [0.25, 0.3) is 0 Å². The lowest BCUT2D eigenvalue weighted by Gasteiger charge is -2.54. The van der Waals surface area contributed by atoms with Crippen molar-refractivity contribution in [1.29, 1.82) is 0 Å². The van der Waals surface area contributed by atoms with Gasteiger partial charge >= 0.3 is 6.18 Å². The number of halogens is 3. The van der Waals surface area contributed by atoms with Gasteiger partial charge in [0.25, 0.3) is 0 Å². The predicted octanol–water partition coefficient (Wildman–Crippen LogP) is 2.89. The van der Waals surface area contributed by atoms with Crippen LogP contribution in [0.2, 0.25) is 0 Å². The van der Waals surface area contributed by atoms with E-state index in [1.54, 1.807) is 0 Å². The smallest absolute Gasteiger partial charge is 0.359 e. The molecule has 0 aromatic carbocycles. The number of carbonyl (C=O) groups is 1. The molecular weight excluding hydrogens is 283 g/mol. The summed E-state index contributed by atoms with van der Waals surface area (Å²) in [6.07, 6.45) is 0.538. The normalized spacial score (nSPS) is 39.3. The fourth-order valence-electron chi connectivity index (χ4n) is 4.74. The van der Waals surface area contributed by atoms with Gasteiger partial charge in [0.2, 0.25) is 5.91 Å². The van der Waals surface area contributed by atoms with Crippen molar-refractivity contribution in [3.63, 3.8) is 0 Å². The summed E-state index contributed by atoms with van der Waals surface area (Å²) in [4.78, 5) is 12.0. The van der Waals surface area contributed by atoms with Gasteiger partial charge in [-0.05, 0) is 62.7 Å². The molecule has 0 radical (unpaired) electrons. The van der Waals surface area contributed by atoms with Gasteiger partial charge < -0.3 is 10.1 Å². The molecule has 1 N–H and O–H groups in total. The van der Waals surface area contributed by atoms with Gasteiger partial charge in [0.15, 0.2) is 0 Å². The number of hydrogen-bond donors (Lipinski definition) is 1. The minimum atomic E-state index is -4.39. The van der Waals surface area contributed by atoms with Gasteiger partial charge in [-0.25, -0.2) is 0 Å². The fourth-order valence-corrected chi connectivity index (χ4v) is 4.74. The number of rotatable bonds is 4. The number of hydrogen-bond acceptors (Lipinski definition) is 2. The Labute approximate surface area is 122 Å². The Morgan fingerprint density at radius 2 is 1.67 bits per heavy atom. The van der Waals surface area contributed by atoms with Crippen molar-refractivity contribution < 1.29 is 22.7 Å². The quantitative estimate of drug-likeness (QED) is 0.867. The third-order valence-electron chi connectivity index (χ3n) is 5.40. The molecular formula is C15H22F3NO2. The third kappa shape index (κ3) is 3.35. The molecule has 1 atom stereocenters. The van der Waals surface area contributed by atoms with E-state index in [4.69, 9.17) is 0 Å². The van der Waals surface area contributed by atoms with Gasteiger partial charge in [-0.1, -0.05) is 0 Å². The van der Waals surface area contributed by atoms with Crippen LogP contribution in [0.3, 0.4) is 0 Å². The highest BCUT2D eigenvalue weighted by molar-refractivity contribution is 5.80. The Morgan fingerprint density at radius 1 is 1.14 bits per heavy atom. The summed E-state index contributed by atoms with van der Waals surface area (Å²) >= 11 is 0. The van der Waals surface area contributed by atoms with Gasteiger partial charge in [0.1, 0.15) is 12.7 Å². The lowest BCUT2D eigenvalue weighted by Crippen LogP contribution is -2.57. The van der Waals surface area contributed by atoms with E-state index in [9.17, 15) is 18.0 Å². The lowest BCUT2D eigenvalue weighted by molar-refractivity contribution is -0.186. The molecule has 21 heavy (non-hydrogen) atoms. The SMILES string of the molecule is CC(OCC(F)(F)F)C(=O)NC1C2CC3CC(C2)CC1C3. The van der Waals surface area contributed by atoms with Crippen molar-refractivity contribution >= 4 is 5.91 Å². The monoisotopic (exact) mass is 305 g/mol. The summed E-state index contributed by atoms with van der Waals surface area (Å²) in [5.74, 6) is 2.23. The van der Waals surface area contributed by atoms with Crippen molar-refractivity contribution in [3.05, 3.63) is 0 Å². The molecule has 4 aliphatic carbocycles. The van der Waals surface area contributed by atoms with Crippen molar-refractivity contribution in [3.8, 4) is 0 Å². The van der Waals surface area contributed by atoms with Crippen LogP contribution in [-0.2, 0) is 9.53 Å². The zero-order chi connectivity index (χ0) is 15.2. The Hall–Kier alpha value is -0.780.